The molecule has 0 unspecified atom stereocenters. The normalized spacial score (nSPS) is 28.6. The second-order valence-corrected chi connectivity index (χ2v) is 3.57. The molecule has 0 heterocycles. The van der Waals surface area contributed by atoms with Gasteiger partial charge in [0.2, 0.25) is 0 Å². The summed E-state index contributed by atoms with van der Waals surface area (Å²) in [6.07, 6.45) is 25.0. The zero-order valence-corrected chi connectivity index (χ0v) is 8.86. The first-order chi connectivity index (χ1) is 7.00. The van der Waals surface area contributed by atoms with E-state index in [2.05, 4.69) is 48.6 Å². The zero-order valence-electron chi connectivity index (χ0n) is 8.86. The Balaban J connectivity index is 2.33. The number of hydrogen-bond acceptors (Lipinski definition) is 0. The highest BCUT2D eigenvalue weighted by Crippen LogP contribution is 2.02. The first-order valence-electron chi connectivity index (χ1n) is 5.63. The van der Waals surface area contributed by atoms with Crippen molar-refractivity contribution in [2.45, 2.75) is 38.5 Å². The third kappa shape index (κ3) is 6.47. The summed E-state index contributed by atoms with van der Waals surface area (Å²) in [6.45, 7) is 0. The van der Waals surface area contributed by atoms with Crippen LogP contribution >= 0.6 is 0 Å². The van der Waals surface area contributed by atoms with Crippen molar-refractivity contribution in [3.05, 3.63) is 48.6 Å². The van der Waals surface area contributed by atoms with Crippen molar-refractivity contribution in [2.24, 2.45) is 0 Å². The Morgan fingerprint density at radius 3 is 1.00 bits per heavy atom. The number of allylic oxidation sites excluding steroid dienone is 8. The fraction of sp³-hybridized carbons (Fsp3) is 0.429. The van der Waals surface area contributed by atoms with Gasteiger partial charge in [0.05, 0.1) is 0 Å². The van der Waals surface area contributed by atoms with Crippen LogP contribution in [0.15, 0.2) is 48.6 Å². The Hall–Kier alpha value is -1.04. The molecular formula is C14H20. The maximum atomic E-state index is 2.26. The van der Waals surface area contributed by atoms with E-state index in [1.54, 1.807) is 0 Å². The first kappa shape index (κ1) is 11.0. The van der Waals surface area contributed by atoms with Crippen molar-refractivity contribution in [3.8, 4) is 0 Å². The minimum atomic E-state index is 1.19. The van der Waals surface area contributed by atoms with Crippen molar-refractivity contribution < 1.29 is 0 Å². The molecule has 0 radical (unpaired) electrons. The molecule has 1 rings (SSSR count). The lowest BCUT2D eigenvalue weighted by atomic mass is 10.2. The Bertz CT molecular complexity index is 178. The molecule has 0 nitrogen and oxygen atoms in total. The predicted molar refractivity (Wildman–Crippen MR) is 64.3 cm³/mol. The van der Waals surface area contributed by atoms with E-state index in [4.69, 9.17) is 0 Å². The second-order valence-electron chi connectivity index (χ2n) is 3.57. The minimum Gasteiger partial charge on any atom is -0.0845 e. The van der Waals surface area contributed by atoms with Crippen LogP contribution in [0.25, 0.3) is 0 Å². The largest absolute Gasteiger partial charge is 0.0845 e. The molecule has 0 aromatic rings. The molecule has 0 atom stereocenters. The molecular weight excluding hydrogens is 168 g/mol. The Morgan fingerprint density at radius 2 is 0.714 bits per heavy atom. The van der Waals surface area contributed by atoms with Crippen LogP contribution in [0.3, 0.4) is 0 Å². The first-order valence-corrected chi connectivity index (χ1v) is 5.63. The molecule has 0 aliphatic heterocycles. The van der Waals surface area contributed by atoms with Gasteiger partial charge in [-0.15, -0.1) is 0 Å². The lowest BCUT2D eigenvalue weighted by molar-refractivity contribution is 0.861. The SMILES string of the molecule is C1=C/CCC/C=C/C=C/CCC/C=C/1. The van der Waals surface area contributed by atoms with Crippen LogP contribution in [0.2, 0.25) is 0 Å². The van der Waals surface area contributed by atoms with Gasteiger partial charge in [-0.3, -0.25) is 0 Å². The molecule has 1 aliphatic rings. The molecule has 0 saturated carbocycles. The van der Waals surface area contributed by atoms with Gasteiger partial charge in [-0.1, -0.05) is 48.6 Å². The Labute approximate surface area is 87.7 Å². The second kappa shape index (κ2) is 8.55. The zero-order chi connectivity index (χ0) is 9.90. The van der Waals surface area contributed by atoms with Crippen molar-refractivity contribution >= 4 is 0 Å². The molecule has 14 heavy (non-hydrogen) atoms. The van der Waals surface area contributed by atoms with Gasteiger partial charge in [-0.05, 0) is 38.5 Å². The van der Waals surface area contributed by atoms with Crippen LogP contribution in [0.5, 0.6) is 0 Å². The van der Waals surface area contributed by atoms with Gasteiger partial charge in [0, 0.05) is 0 Å². The van der Waals surface area contributed by atoms with E-state index in [1.807, 2.05) is 0 Å². The van der Waals surface area contributed by atoms with Crippen LogP contribution in [0.1, 0.15) is 38.5 Å². The Morgan fingerprint density at radius 1 is 0.429 bits per heavy atom. The third-order valence-electron chi connectivity index (χ3n) is 2.25. The molecule has 0 bridgehead atoms. The van der Waals surface area contributed by atoms with E-state index in [-0.39, 0.29) is 0 Å². The van der Waals surface area contributed by atoms with Gasteiger partial charge in [0.1, 0.15) is 0 Å². The van der Waals surface area contributed by atoms with Crippen LogP contribution in [-0.4, -0.2) is 0 Å². The van der Waals surface area contributed by atoms with E-state index in [0.717, 1.165) is 0 Å². The number of hydrogen-bond donors (Lipinski definition) is 0. The van der Waals surface area contributed by atoms with Crippen molar-refractivity contribution in [3.63, 3.8) is 0 Å². The van der Waals surface area contributed by atoms with E-state index in [1.165, 1.54) is 38.5 Å². The lowest BCUT2D eigenvalue weighted by Gasteiger charge is -1.91. The third-order valence-corrected chi connectivity index (χ3v) is 2.25. The molecule has 0 aromatic heterocycles. The highest BCUT2D eigenvalue weighted by Gasteiger charge is 1.82. The summed E-state index contributed by atoms with van der Waals surface area (Å²) in [6, 6.07) is 0. The predicted octanol–water partition coefficient (Wildman–Crippen LogP) is 4.57. The van der Waals surface area contributed by atoms with Gasteiger partial charge in [-0.25, -0.2) is 0 Å². The van der Waals surface area contributed by atoms with E-state index < -0.39 is 0 Å². The lowest BCUT2D eigenvalue weighted by Crippen LogP contribution is -1.71. The van der Waals surface area contributed by atoms with Gasteiger partial charge in [-0.2, -0.15) is 0 Å². The summed E-state index contributed by atoms with van der Waals surface area (Å²) in [4.78, 5) is 0. The van der Waals surface area contributed by atoms with Gasteiger partial charge in [0.15, 0.2) is 0 Å². The standard InChI is InChI=1S/C14H20/c1-2-4-6-8-10-12-14-13-11-9-7-5-3-1/h1-4,11-14H,5-10H2/b3-1+,4-2+,13-11+,14-12+. The molecule has 0 heteroatoms. The average molecular weight is 188 g/mol. The quantitative estimate of drug-likeness (QED) is 0.522. The van der Waals surface area contributed by atoms with Crippen LogP contribution < -0.4 is 0 Å². The van der Waals surface area contributed by atoms with Gasteiger partial charge < -0.3 is 0 Å². The highest BCUT2D eigenvalue weighted by molar-refractivity contribution is 5.05. The fourth-order valence-corrected chi connectivity index (χ4v) is 1.41. The summed E-state index contributed by atoms with van der Waals surface area (Å²) in [5.41, 5.74) is 0. The van der Waals surface area contributed by atoms with E-state index in [9.17, 15) is 0 Å². The molecule has 0 amide bonds. The molecule has 0 saturated heterocycles. The molecule has 0 fully saturated rings. The topological polar surface area (TPSA) is 0 Å². The minimum absolute atomic E-state index is 1.19. The van der Waals surface area contributed by atoms with E-state index in [0.29, 0.717) is 0 Å². The summed E-state index contributed by atoms with van der Waals surface area (Å²) in [5, 5.41) is 0. The summed E-state index contributed by atoms with van der Waals surface area (Å²) in [5.74, 6) is 0. The summed E-state index contributed by atoms with van der Waals surface area (Å²) >= 11 is 0. The monoisotopic (exact) mass is 188 g/mol. The number of rotatable bonds is 0. The highest BCUT2D eigenvalue weighted by atomic mass is 13.9. The fourth-order valence-electron chi connectivity index (χ4n) is 1.41. The molecule has 1 aliphatic carbocycles. The maximum absolute atomic E-state index is 2.26. The maximum Gasteiger partial charge on any atom is -0.0345 e. The molecule has 76 valence electrons. The summed E-state index contributed by atoms with van der Waals surface area (Å²) in [7, 11) is 0. The molecule has 0 spiro atoms. The smallest absolute Gasteiger partial charge is 0.0345 e. The van der Waals surface area contributed by atoms with Crippen LogP contribution in [-0.2, 0) is 0 Å². The van der Waals surface area contributed by atoms with E-state index >= 15 is 0 Å². The van der Waals surface area contributed by atoms with Crippen molar-refractivity contribution in [1.82, 2.24) is 0 Å². The molecule has 0 aromatic carbocycles. The van der Waals surface area contributed by atoms with Crippen molar-refractivity contribution in [2.75, 3.05) is 0 Å². The Kier molecular flexibility index (Phi) is 6.74. The molecule has 0 N–H and O–H groups in total. The van der Waals surface area contributed by atoms with Crippen molar-refractivity contribution in [1.29, 1.82) is 0 Å². The van der Waals surface area contributed by atoms with Crippen LogP contribution in [0.4, 0.5) is 0 Å². The average Bonchev–Trinajstić information content (AvgIpc) is 2.22. The van der Waals surface area contributed by atoms with Gasteiger partial charge in [0.25, 0.3) is 0 Å². The van der Waals surface area contributed by atoms with Gasteiger partial charge >= 0.3 is 0 Å². The summed E-state index contributed by atoms with van der Waals surface area (Å²) < 4.78 is 0. The van der Waals surface area contributed by atoms with Crippen LogP contribution in [0, 0.1) is 0 Å².